The molecule has 0 aromatic heterocycles. The summed E-state index contributed by atoms with van der Waals surface area (Å²) >= 11 is 0. The second kappa shape index (κ2) is 15.0. The van der Waals surface area contributed by atoms with Crippen LogP contribution in [-0.4, -0.2) is 43.7 Å². The molecule has 2 rings (SSSR count). The molecule has 1 aliphatic rings. The van der Waals surface area contributed by atoms with Crippen molar-refractivity contribution >= 4 is 5.97 Å². The fourth-order valence-electron chi connectivity index (χ4n) is 4.72. The highest BCUT2D eigenvalue weighted by atomic mass is 79.9. The summed E-state index contributed by atoms with van der Waals surface area (Å²) in [6.07, 6.45) is 15.7. The van der Waals surface area contributed by atoms with Gasteiger partial charge >= 0.3 is 5.97 Å². The predicted molar refractivity (Wildman–Crippen MR) is 122 cm³/mol. The largest absolute Gasteiger partial charge is 1.00 e. The molecule has 0 radical (unpaired) electrons. The number of unbranched alkanes of at least 4 members (excludes halogenated alkanes) is 7. The summed E-state index contributed by atoms with van der Waals surface area (Å²) in [5.74, 6) is 0.330. The fourth-order valence-corrected chi connectivity index (χ4v) is 4.72. The number of hydrogen-bond donors (Lipinski definition) is 0. The van der Waals surface area contributed by atoms with Crippen LogP contribution >= 0.6 is 0 Å². The van der Waals surface area contributed by atoms with Gasteiger partial charge in [0.1, 0.15) is 6.10 Å². The maximum absolute atomic E-state index is 12.5. The molecular formula is C26H44BrNO2. The Morgan fingerprint density at radius 2 is 1.53 bits per heavy atom. The van der Waals surface area contributed by atoms with E-state index in [4.69, 9.17) is 4.74 Å². The lowest BCUT2D eigenvalue weighted by Crippen LogP contribution is -3.00. The Bertz CT molecular complexity index is 576. The number of hydrogen-bond acceptors (Lipinski definition) is 2. The maximum Gasteiger partial charge on any atom is 0.338 e. The average Bonchev–Trinajstić information content (AvgIpc) is 2.72. The van der Waals surface area contributed by atoms with Crippen LogP contribution in [0.2, 0.25) is 0 Å². The molecule has 1 aromatic rings. The minimum Gasteiger partial charge on any atom is -1.00 e. The van der Waals surface area contributed by atoms with Gasteiger partial charge in [-0.3, -0.25) is 0 Å². The molecule has 1 aliphatic carbocycles. The number of benzene rings is 1. The normalized spacial score (nSPS) is 19.2. The predicted octanol–water partition coefficient (Wildman–Crippen LogP) is 3.62. The third kappa shape index (κ3) is 10.4. The Hall–Kier alpha value is -0.870. The van der Waals surface area contributed by atoms with Crippen LogP contribution in [0.25, 0.3) is 0 Å². The van der Waals surface area contributed by atoms with Crippen LogP contribution in [0.5, 0.6) is 0 Å². The standard InChI is InChI=1S/C26H44NO2.BrH/c1-4-5-6-7-8-9-10-16-21-27(2,3)22-24-19-14-15-20-25(24)29-26(28)23-17-12-11-13-18-23;/h11-13,17-18,24-25H,4-10,14-16,19-22H2,1-3H3;1H/q+1;/p-1/t24-,25+;/m0./s1. The molecule has 2 atom stereocenters. The third-order valence-electron chi connectivity index (χ3n) is 6.45. The minimum absolute atomic E-state index is 0. The first-order valence-electron chi connectivity index (χ1n) is 12.1. The molecule has 1 fully saturated rings. The van der Waals surface area contributed by atoms with Gasteiger partial charge in [-0.25, -0.2) is 4.79 Å². The van der Waals surface area contributed by atoms with Crippen LogP contribution in [0.4, 0.5) is 0 Å². The van der Waals surface area contributed by atoms with Gasteiger partial charge in [-0.2, -0.15) is 0 Å². The van der Waals surface area contributed by atoms with Crippen molar-refractivity contribution in [2.24, 2.45) is 5.92 Å². The number of quaternary nitrogens is 1. The van der Waals surface area contributed by atoms with Crippen molar-refractivity contribution in [3.8, 4) is 0 Å². The highest BCUT2D eigenvalue weighted by molar-refractivity contribution is 5.89. The summed E-state index contributed by atoms with van der Waals surface area (Å²) in [5, 5.41) is 0. The zero-order chi connectivity index (χ0) is 21.0. The molecule has 0 saturated heterocycles. The van der Waals surface area contributed by atoms with Gasteiger partial charge in [0.15, 0.2) is 0 Å². The molecule has 0 spiro atoms. The number of rotatable bonds is 13. The first kappa shape index (κ1) is 27.2. The van der Waals surface area contributed by atoms with Crippen molar-refractivity contribution in [2.75, 3.05) is 27.2 Å². The lowest BCUT2D eigenvalue weighted by molar-refractivity contribution is -0.894. The van der Waals surface area contributed by atoms with Gasteiger partial charge in [0.05, 0.1) is 32.7 Å². The molecule has 0 amide bonds. The van der Waals surface area contributed by atoms with E-state index in [1.807, 2.05) is 30.3 Å². The molecule has 0 heterocycles. The van der Waals surface area contributed by atoms with Crippen LogP contribution in [0, 0.1) is 5.92 Å². The lowest BCUT2D eigenvalue weighted by Gasteiger charge is -2.38. The van der Waals surface area contributed by atoms with Crippen LogP contribution in [-0.2, 0) is 4.74 Å². The number of carbonyl (C=O) groups excluding carboxylic acids is 1. The van der Waals surface area contributed by atoms with E-state index in [1.54, 1.807) is 0 Å². The SMILES string of the molecule is CCCCCCCCCC[N+](C)(C)C[C@@H]1CCCC[C@H]1OC(=O)c1ccccc1.[Br-]. The zero-order valence-corrected chi connectivity index (χ0v) is 21.2. The number of nitrogens with zero attached hydrogens (tertiary/aromatic N) is 1. The second-order valence-corrected chi connectivity index (χ2v) is 9.67. The summed E-state index contributed by atoms with van der Waals surface area (Å²) < 4.78 is 7.02. The van der Waals surface area contributed by atoms with Crippen LogP contribution in [0.15, 0.2) is 30.3 Å². The van der Waals surface area contributed by atoms with Crippen LogP contribution in [0.3, 0.4) is 0 Å². The van der Waals surface area contributed by atoms with Crippen molar-refractivity contribution in [2.45, 2.75) is 90.1 Å². The van der Waals surface area contributed by atoms with Gasteiger partial charge in [-0.15, -0.1) is 0 Å². The number of ether oxygens (including phenoxy) is 1. The first-order valence-corrected chi connectivity index (χ1v) is 12.1. The third-order valence-corrected chi connectivity index (χ3v) is 6.45. The monoisotopic (exact) mass is 481 g/mol. The van der Waals surface area contributed by atoms with Gasteiger partial charge in [-0.05, 0) is 44.2 Å². The first-order chi connectivity index (χ1) is 14.0. The van der Waals surface area contributed by atoms with Gasteiger partial charge in [0, 0.05) is 5.92 Å². The van der Waals surface area contributed by atoms with E-state index in [0.717, 1.165) is 17.4 Å². The lowest BCUT2D eigenvalue weighted by atomic mass is 9.85. The van der Waals surface area contributed by atoms with Gasteiger partial charge < -0.3 is 26.2 Å². The molecule has 0 bridgehead atoms. The molecule has 1 aromatic carbocycles. The highest BCUT2D eigenvalue weighted by Crippen LogP contribution is 2.29. The van der Waals surface area contributed by atoms with Crippen molar-refractivity contribution < 1.29 is 31.0 Å². The van der Waals surface area contributed by atoms with Gasteiger partial charge in [0.25, 0.3) is 0 Å². The minimum atomic E-state index is -0.157. The summed E-state index contributed by atoms with van der Waals surface area (Å²) in [4.78, 5) is 12.5. The summed E-state index contributed by atoms with van der Waals surface area (Å²) in [6.45, 7) is 4.62. The van der Waals surface area contributed by atoms with E-state index < -0.39 is 0 Å². The Morgan fingerprint density at radius 1 is 0.933 bits per heavy atom. The molecule has 30 heavy (non-hydrogen) atoms. The van der Waals surface area contributed by atoms with Gasteiger partial charge in [-0.1, -0.05) is 70.1 Å². The average molecular weight is 483 g/mol. The van der Waals surface area contributed by atoms with E-state index in [9.17, 15) is 4.79 Å². The molecule has 1 saturated carbocycles. The smallest absolute Gasteiger partial charge is 0.338 e. The molecule has 3 nitrogen and oxygen atoms in total. The fraction of sp³-hybridized carbons (Fsp3) is 0.731. The molecule has 0 aliphatic heterocycles. The van der Waals surface area contributed by atoms with E-state index in [-0.39, 0.29) is 29.1 Å². The van der Waals surface area contributed by atoms with Crippen LogP contribution < -0.4 is 17.0 Å². The number of esters is 1. The Morgan fingerprint density at radius 3 is 2.20 bits per heavy atom. The summed E-state index contributed by atoms with van der Waals surface area (Å²) in [6, 6.07) is 9.44. The molecule has 0 unspecified atom stereocenters. The topological polar surface area (TPSA) is 26.3 Å². The van der Waals surface area contributed by atoms with E-state index in [0.29, 0.717) is 11.5 Å². The van der Waals surface area contributed by atoms with Crippen molar-refractivity contribution in [3.63, 3.8) is 0 Å². The van der Waals surface area contributed by atoms with Crippen molar-refractivity contribution in [1.29, 1.82) is 0 Å². The molecule has 0 N–H and O–H groups in total. The van der Waals surface area contributed by atoms with Gasteiger partial charge in [0.2, 0.25) is 0 Å². The van der Waals surface area contributed by atoms with E-state index >= 15 is 0 Å². The molecule has 172 valence electrons. The Labute approximate surface area is 195 Å². The van der Waals surface area contributed by atoms with Crippen molar-refractivity contribution in [1.82, 2.24) is 0 Å². The quantitative estimate of drug-likeness (QED) is 0.244. The van der Waals surface area contributed by atoms with Crippen molar-refractivity contribution in [3.05, 3.63) is 35.9 Å². The Kier molecular flexibility index (Phi) is 13.6. The maximum atomic E-state index is 12.5. The Balaban J connectivity index is 0.00000450. The zero-order valence-electron chi connectivity index (χ0n) is 19.6. The summed E-state index contributed by atoms with van der Waals surface area (Å²) in [5.41, 5.74) is 0.671. The van der Waals surface area contributed by atoms with Crippen LogP contribution in [0.1, 0.15) is 94.3 Å². The number of halogens is 1. The molecular weight excluding hydrogens is 438 g/mol. The number of carbonyl (C=O) groups is 1. The highest BCUT2D eigenvalue weighted by Gasteiger charge is 2.33. The second-order valence-electron chi connectivity index (χ2n) is 9.67. The summed E-state index contributed by atoms with van der Waals surface area (Å²) in [7, 11) is 4.71. The van der Waals surface area contributed by atoms with E-state index in [1.165, 1.54) is 77.2 Å². The van der Waals surface area contributed by atoms with E-state index in [2.05, 4.69) is 21.0 Å². The molecule has 4 heteroatoms.